The van der Waals surface area contributed by atoms with Crippen LogP contribution in [-0.4, -0.2) is 9.38 Å². The third-order valence-electron chi connectivity index (χ3n) is 1.29. The van der Waals surface area contributed by atoms with Gasteiger partial charge in [0.15, 0.2) is 4.96 Å². The fraction of sp³-hybridized carbons (Fsp3) is 0.167. The molecule has 4 heteroatoms. The molecule has 2 N–H and O–H groups in total. The van der Waals surface area contributed by atoms with Gasteiger partial charge in [0.1, 0.15) is 5.82 Å². The van der Waals surface area contributed by atoms with E-state index in [1.807, 2.05) is 16.8 Å². The number of nitrogens with zero attached hydrogens (tertiary/aromatic N) is 2. The van der Waals surface area contributed by atoms with Crippen LogP contribution in [0.3, 0.4) is 0 Å². The Morgan fingerprint density at radius 1 is 1.60 bits per heavy atom. The molecular formula is C6H7N3S. The van der Waals surface area contributed by atoms with Gasteiger partial charge in [0.2, 0.25) is 0 Å². The van der Waals surface area contributed by atoms with Crippen LogP contribution < -0.4 is 5.73 Å². The van der Waals surface area contributed by atoms with Gasteiger partial charge in [0.05, 0.1) is 6.20 Å². The second-order valence-electron chi connectivity index (χ2n) is 2.20. The van der Waals surface area contributed by atoms with E-state index in [0.717, 1.165) is 4.96 Å². The van der Waals surface area contributed by atoms with Crippen LogP contribution in [0.1, 0.15) is 4.88 Å². The Kier molecular flexibility index (Phi) is 0.990. The summed E-state index contributed by atoms with van der Waals surface area (Å²) in [6, 6.07) is 0. The summed E-state index contributed by atoms with van der Waals surface area (Å²) >= 11 is 1.64. The van der Waals surface area contributed by atoms with Crippen molar-refractivity contribution in [1.29, 1.82) is 0 Å². The summed E-state index contributed by atoms with van der Waals surface area (Å²) in [7, 11) is 0. The molecule has 0 unspecified atom stereocenters. The van der Waals surface area contributed by atoms with E-state index in [4.69, 9.17) is 5.73 Å². The van der Waals surface area contributed by atoms with Gasteiger partial charge in [-0.2, -0.15) is 0 Å². The van der Waals surface area contributed by atoms with Crippen molar-refractivity contribution in [3.63, 3.8) is 0 Å². The number of aromatic nitrogens is 2. The van der Waals surface area contributed by atoms with Gasteiger partial charge < -0.3 is 5.73 Å². The molecule has 0 aliphatic heterocycles. The lowest BCUT2D eigenvalue weighted by atomic mass is 10.6. The Morgan fingerprint density at radius 3 is 3.10 bits per heavy atom. The van der Waals surface area contributed by atoms with Crippen molar-refractivity contribution in [3.05, 3.63) is 17.3 Å². The lowest BCUT2D eigenvalue weighted by Gasteiger charge is -1.75. The molecule has 2 aromatic rings. The predicted octanol–water partition coefficient (Wildman–Crippen LogP) is 1.29. The fourth-order valence-electron chi connectivity index (χ4n) is 0.929. The number of thiazole rings is 1. The van der Waals surface area contributed by atoms with Crippen molar-refractivity contribution in [3.8, 4) is 0 Å². The van der Waals surface area contributed by atoms with E-state index < -0.39 is 0 Å². The van der Waals surface area contributed by atoms with Crippen LogP contribution in [0.15, 0.2) is 12.4 Å². The summed E-state index contributed by atoms with van der Waals surface area (Å²) in [6.45, 7) is 2.05. The van der Waals surface area contributed by atoms with E-state index in [1.54, 1.807) is 11.3 Å². The number of nitrogens with two attached hydrogens (primary N) is 1. The van der Waals surface area contributed by atoms with Gasteiger partial charge in [-0.05, 0) is 6.92 Å². The first kappa shape index (κ1) is 5.73. The van der Waals surface area contributed by atoms with Crippen molar-refractivity contribution in [2.75, 3.05) is 5.73 Å². The molecule has 2 aromatic heterocycles. The molecule has 0 radical (unpaired) electrons. The van der Waals surface area contributed by atoms with Crippen LogP contribution in [0, 0.1) is 6.92 Å². The highest BCUT2D eigenvalue weighted by molar-refractivity contribution is 7.17. The quantitative estimate of drug-likeness (QED) is 0.619. The molecule has 0 spiro atoms. The van der Waals surface area contributed by atoms with Crippen molar-refractivity contribution < 1.29 is 0 Å². The summed E-state index contributed by atoms with van der Waals surface area (Å²) < 4.78 is 1.94. The van der Waals surface area contributed by atoms with E-state index >= 15 is 0 Å². The third-order valence-corrected chi connectivity index (χ3v) is 2.20. The van der Waals surface area contributed by atoms with Crippen molar-refractivity contribution in [1.82, 2.24) is 9.38 Å². The van der Waals surface area contributed by atoms with Gasteiger partial charge in [0, 0.05) is 11.1 Å². The molecule has 2 heterocycles. The average molecular weight is 153 g/mol. The van der Waals surface area contributed by atoms with Crippen LogP contribution in [0.25, 0.3) is 4.96 Å². The Morgan fingerprint density at radius 2 is 2.40 bits per heavy atom. The predicted molar refractivity (Wildman–Crippen MR) is 42.2 cm³/mol. The highest BCUT2D eigenvalue weighted by atomic mass is 32.1. The molecule has 0 atom stereocenters. The van der Waals surface area contributed by atoms with Crippen LogP contribution in [-0.2, 0) is 0 Å². The monoisotopic (exact) mass is 153 g/mol. The molecule has 0 aliphatic carbocycles. The van der Waals surface area contributed by atoms with Crippen LogP contribution in [0.5, 0.6) is 0 Å². The normalized spacial score (nSPS) is 10.9. The van der Waals surface area contributed by atoms with Gasteiger partial charge in [-0.15, -0.1) is 11.3 Å². The molecule has 0 aromatic carbocycles. The Balaban J connectivity index is 2.83. The van der Waals surface area contributed by atoms with E-state index in [0.29, 0.717) is 5.82 Å². The number of imidazole rings is 1. The number of rotatable bonds is 0. The van der Waals surface area contributed by atoms with Crippen molar-refractivity contribution >= 4 is 22.1 Å². The summed E-state index contributed by atoms with van der Waals surface area (Å²) in [5.74, 6) is 0.589. The lowest BCUT2D eigenvalue weighted by Crippen LogP contribution is -1.80. The van der Waals surface area contributed by atoms with Crippen molar-refractivity contribution in [2.24, 2.45) is 0 Å². The molecule has 3 nitrogen and oxygen atoms in total. The summed E-state index contributed by atoms with van der Waals surface area (Å²) in [5, 5.41) is 0. The summed E-state index contributed by atoms with van der Waals surface area (Å²) in [4.78, 5) is 6.31. The van der Waals surface area contributed by atoms with Gasteiger partial charge in [-0.25, -0.2) is 4.98 Å². The highest BCUT2D eigenvalue weighted by Gasteiger charge is 1.99. The zero-order valence-corrected chi connectivity index (χ0v) is 6.35. The standard InChI is InChI=1S/C6H7N3S/c1-4-2-9-3-5(7)8-6(9)10-4/h2-3H,7H2,1H3. The fourth-order valence-corrected chi connectivity index (χ4v) is 1.75. The smallest absolute Gasteiger partial charge is 0.195 e. The Hall–Kier alpha value is -1.03. The second kappa shape index (κ2) is 1.73. The topological polar surface area (TPSA) is 43.3 Å². The number of anilines is 1. The highest BCUT2D eigenvalue weighted by Crippen LogP contribution is 2.16. The SMILES string of the molecule is Cc1cn2cc(N)nc2s1. The molecule has 52 valence electrons. The number of aryl methyl sites for hydroxylation is 1. The maximum Gasteiger partial charge on any atom is 0.195 e. The lowest BCUT2D eigenvalue weighted by molar-refractivity contribution is 1.22. The minimum absolute atomic E-state index is 0.589. The molecule has 0 aliphatic rings. The largest absolute Gasteiger partial charge is 0.382 e. The van der Waals surface area contributed by atoms with Gasteiger partial charge in [-0.1, -0.05) is 0 Å². The zero-order chi connectivity index (χ0) is 7.14. The van der Waals surface area contributed by atoms with Crippen molar-refractivity contribution in [2.45, 2.75) is 6.92 Å². The van der Waals surface area contributed by atoms with E-state index in [2.05, 4.69) is 11.9 Å². The minimum atomic E-state index is 0.589. The van der Waals surface area contributed by atoms with Crippen LogP contribution >= 0.6 is 11.3 Å². The molecule has 0 saturated heterocycles. The van der Waals surface area contributed by atoms with Gasteiger partial charge in [-0.3, -0.25) is 4.40 Å². The maximum atomic E-state index is 5.46. The van der Waals surface area contributed by atoms with E-state index in [-0.39, 0.29) is 0 Å². The third kappa shape index (κ3) is 0.690. The number of hydrogen-bond donors (Lipinski definition) is 1. The number of nitrogen functional groups attached to an aromatic ring is 1. The molecular weight excluding hydrogens is 146 g/mol. The van der Waals surface area contributed by atoms with E-state index in [9.17, 15) is 0 Å². The Bertz CT molecular complexity index is 297. The van der Waals surface area contributed by atoms with Crippen LogP contribution in [0.4, 0.5) is 5.82 Å². The van der Waals surface area contributed by atoms with Gasteiger partial charge in [0.25, 0.3) is 0 Å². The average Bonchev–Trinajstić information content (AvgIpc) is 2.21. The molecule has 0 bridgehead atoms. The molecule has 0 fully saturated rings. The first-order valence-electron chi connectivity index (χ1n) is 2.96. The molecule has 0 amide bonds. The van der Waals surface area contributed by atoms with E-state index in [1.165, 1.54) is 4.88 Å². The Labute approximate surface area is 62.1 Å². The first-order chi connectivity index (χ1) is 4.75. The number of fused-ring (bicyclic) bond motifs is 1. The maximum absolute atomic E-state index is 5.46. The zero-order valence-electron chi connectivity index (χ0n) is 5.53. The first-order valence-corrected chi connectivity index (χ1v) is 3.78. The summed E-state index contributed by atoms with van der Waals surface area (Å²) in [6.07, 6.45) is 3.84. The van der Waals surface area contributed by atoms with Gasteiger partial charge >= 0.3 is 0 Å². The summed E-state index contributed by atoms with van der Waals surface area (Å²) in [5.41, 5.74) is 5.46. The molecule has 2 rings (SSSR count). The minimum Gasteiger partial charge on any atom is -0.382 e. The van der Waals surface area contributed by atoms with Crippen LogP contribution in [0.2, 0.25) is 0 Å². The number of hydrogen-bond acceptors (Lipinski definition) is 3. The molecule has 10 heavy (non-hydrogen) atoms. The molecule has 0 saturated carbocycles. The second-order valence-corrected chi connectivity index (χ2v) is 3.41.